The van der Waals surface area contributed by atoms with Crippen LogP contribution in [0.5, 0.6) is 0 Å². The van der Waals surface area contributed by atoms with E-state index < -0.39 is 0 Å². The van der Waals surface area contributed by atoms with Crippen molar-refractivity contribution < 1.29 is 0 Å². The number of benzene rings is 3. The predicted molar refractivity (Wildman–Crippen MR) is 178 cm³/mol. The van der Waals surface area contributed by atoms with Gasteiger partial charge in [0.1, 0.15) is 0 Å². The molecule has 41 heavy (non-hydrogen) atoms. The van der Waals surface area contributed by atoms with Crippen molar-refractivity contribution in [3.63, 3.8) is 0 Å². The molecule has 4 rings (SSSR count). The average molecular weight is 542 g/mol. The summed E-state index contributed by atoms with van der Waals surface area (Å²) >= 11 is 0. The molecule has 0 amide bonds. The van der Waals surface area contributed by atoms with Crippen molar-refractivity contribution in [2.24, 2.45) is 0 Å². The second-order valence-electron chi connectivity index (χ2n) is 13.1. The maximum absolute atomic E-state index is 5.54. The van der Waals surface area contributed by atoms with Crippen molar-refractivity contribution in [1.82, 2.24) is 5.32 Å². The van der Waals surface area contributed by atoms with Gasteiger partial charge in [-0.25, -0.2) is 0 Å². The lowest BCUT2D eigenvalue weighted by atomic mass is 9.76. The molecular weight excluding hydrogens is 494 g/mol. The highest BCUT2D eigenvalue weighted by Crippen LogP contribution is 2.36. The molecule has 1 fully saturated rings. The number of hydrogen-bond donors (Lipinski definition) is 1. The van der Waals surface area contributed by atoms with Crippen LogP contribution in [0.15, 0.2) is 102 Å². The highest BCUT2D eigenvalue weighted by Gasteiger charge is 2.28. The van der Waals surface area contributed by atoms with E-state index in [1.807, 2.05) is 13.0 Å². The Bertz CT molecular complexity index is 1470. The smallest absolute Gasteiger partial charge is 0.0345 e. The molecule has 1 atom stereocenters. The van der Waals surface area contributed by atoms with Crippen LogP contribution in [0.25, 0.3) is 5.57 Å². The summed E-state index contributed by atoms with van der Waals surface area (Å²) < 4.78 is 0. The summed E-state index contributed by atoms with van der Waals surface area (Å²) in [6, 6.07) is 27.3. The molecule has 0 spiro atoms. The maximum atomic E-state index is 5.54. The van der Waals surface area contributed by atoms with E-state index in [-0.39, 0.29) is 16.4 Å². The first-order valence-corrected chi connectivity index (χ1v) is 14.9. The van der Waals surface area contributed by atoms with E-state index in [2.05, 4.69) is 145 Å². The molecule has 1 heterocycles. The molecule has 0 aromatic heterocycles. The van der Waals surface area contributed by atoms with Crippen molar-refractivity contribution in [2.45, 2.75) is 84.6 Å². The molecule has 0 radical (unpaired) electrons. The van der Waals surface area contributed by atoms with Gasteiger partial charge in [-0.2, -0.15) is 0 Å². The number of rotatable bonds is 8. The molecule has 1 nitrogen and oxygen atoms in total. The third kappa shape index (κ3) is 6.83. The molecule has 0 saturated carbocycles. The SMILES string of the molecule is C#C/C(C)=C\C=C(/C)C(C)(C)c1ccc(C(=CC2(C)CCCN2)c2ccc(C(C)(C)c3ccc(C)cc3)cc2)cc1. The average Bonchev–Trinajstić information content (AvgIpc) is 3.41. The standard InChI is InChI=1S/C40H47N/c1-10-29(2)12-15-31(4)38(5,6)34-22-16-32(17-23-34)37(28-40(9)26-11-27-41-40)33-18-24-36(25-19-33)39(7,8)35-20-13-30(3)14-21-35/h1,12-25,28,41H,11,26-27H2,2-9H3/b29-12-,31-15+,37-28?. The van der Waals surface area contributed by atoms with Crippen LogP contribution in [0.2, 0.25) is 0 Å². The van der Waals surface area contributed by atoms with Crippen molar-refractivity contribution in [3.05, 3.63) is 136 Å². The maximum Gasteiger partial charge on any atom is 0.0345 e. The topological polar surface area (TPSA) is 12.0 Å². The lowest BCUT2D eigenvalue weighted by molar-refractivity contribution is 0.521. The first-order valence-electron chi connectivity index (χ1n) is 14.9. The quantitative estimate of drug-likeness (QED) is 0.221. The van der Waals surface area contributed by atoms with E-state index in [1.165, 1.54) is 50.9 Å². The fourth-order valence-corrected chi connectivity index (χ4v) is 5.70. The second-order valence-corrected chi connectivity index (χ2v) is 13.1. The zero-order valence-electron chi connectivity index (χ0n) is 26.4. The molecule has 3 aromatic rings. The summed E-state index contributed by atoms with van der Waals surface area (Å²) in [6.07, 6.45) is 14.5. The van der Waals surface area contributed by atoms with Gasteiger partial charge in [-0.3, -0.25) is 0 Å². The van der Waals surface area contributed by atoms with E-state index in [0.29, 0.717) is 0 Å². The first kappa shape index (κ1) is 30.4. The molecule has 1 aliphatic rings. The predicted octanol–water partition coefficient (Wildman–Crippen LogP) is 9.70. The van der Waals surface area contributed by atoms with Crippen molar-refractivity contribution in [3.8, 4) is 12.3 Å². The van der Waals surface area contributed by atoms with Gasteiger partial charge in [0.15, 0.2) is 0 Å². The van der Waals surface area contributed by atoms with Gasteiger partial charge >= 0.3 is 0 Å². The minimum atomic E-state index is -0.101. The molecule has 0 bridgehead atoms. The molecule has 1 heteroatoms. The van der Waals surface area contributed by atoms with E-state index in [0.717, 1.165) is 18.5 Å². The summed E-state index contributed by atoms with van der Waals surface area (Å²) in [4.78, 5) is 0. The third-order valence-corrected chi connectivity index (χ3v) is 9.27. The number of nitrogens with one attached hydrogen (secondary N) is 1. The van der Waals surface area contributed by atoms with Gasteiger partial charge in [-0.15, -0.1) is 6.42 Å². The van der Waals surface area contributed by atoms with E-state index in [9.17, 15) is 0 Å². The van der Waals surface area contributed by atoms with E-state index in [1.54, 1.807) is 0 Å². The van der Waals surface area contributed by atoms with Crippen LogP contribution in [-0.2, 0) is 10.8 Å². The molecule has 3 aromatic carbocycles. The highest BCUT2D eigenvalue weighted by atomic mass is 15.0. The summed E-state index contributed by atoms with van der Waals surface area (Å²) in [7, 11) is 0. The lowest BCUT2D eigenvalue weighted by Gasteiger charge is -2.28. The van der Waals surface area contributed by atoms with Crippen molar-refractivity contribution >= 4 is 5.57 Å². The van der Waals surface area contributed by atoms with Crippen molar-refractivity contribution in [1.29, 1.82) is 0 Å². The Labute approximate surface area is 249 Å². The minimum absolute atomic E-state index is 0.00629. The Balaban J connectivity index is 1.70. The minimum Gasteiger partial charge on any atom is -0.308 e. The van der Waals surface area contributed by atoms with Crippen LogP contribution >= 0.6 is 0 Å². The highest BCUT2D eigenvalue weighted by molar-refractivity contribution is 5.81. The van der Waals surface area contributed by atoms with Crippen LogP contribution in [-0.4, -0.2) is 12.1 Å². The van der Waals surface area contributed by atoms with E-state index >= 15 is 0 Å². The largest absolute Gasteiger partial charge is 0.308 e. The van der Waals surface area contributed by atoms with Crippen molar-refractivity contribution in [2.75, 3.05) is 6.54 Å². The van der Waals surface area contributed by atoms with Gasteiger partial charge in [-0.1, -0.05) is 136 Å². The summed E-state index contributed by atoms with van der Waals surface area (Å²) in [6.45, 7) is 18.9. The third-order valence-electron chi connectivity index (χ3n) is 9.27. The van der Waals surface area contributed by atoms with Crippen LogP contribution in [0.3, 0.4) is 0 Å². The van der Waals surface area contributed by atoms with Gasteiger partial charge in [0.2, 0.25) is 0 Å². The molecule has 0 aliphatic carbocycles. The molecule has 1 N–H and O–H groups in total. The Hall–Kier alpha value is -3.60. The molecular formula is C40H47N. The van der Waals surface area contributed by atoms with Gasteiger partial charge < -0.3 is 5.32 Å². The molecule has 212 valence electrons. The monoisotopic (exact) mass is 541 g/mol. The fraction of sp³-hybridized carbons (Fsp3) is 0.350. The second kappa shape index (κ2) is 12.1. The van der Waals surface area contributed by atoms with Gasteiger partial charge in [0.05, 0.1) is 0 Å². The number of aryl methyl sites for hydroxylation is 1. The van der Waals surface area contributed by atoms with Gasteiger partial charge in [0, 0.05) is 16.4 Å². The number of terminal acetylenes is 1. The Morgan fingerprint density at radius 1 is 0.805 bits per heavy atom. The van der Waals surface area contributed by atoms with Crippen LogP contribution < -0.4 is 5.32 Å². The molecule has 1 saturated heterocycles. The van der Waals surface area contributed by atoms with Crippen LogP contribution in [0.1, 0.15) is 94.7 Å². The first-order chi connectivity index (χ1) is 19.4. The molecule has 1 unspecified atom stereocenters. The van der Waals surface area contributed by atoms with Gasteiger partial charge in [0.25, 0.3) is 0 Å². The van der Waals surface area contributed by atoms with E-state index in [4.69, 9.17) is 6.42 Å². The Morgan fingerprint density at radius 3 is 1.80 bits per heavy atom. The van der Waals surface area contributed by atoms with Crippen LogP contribution in [0.4, 0.5) is 0 Å². The van der Waals surface area contributed by atoms with Crippen LogP contribution in [0, 0.1) is 19.3 Å². The summed E-state index contributed by atoms with van der Waals surface area (Å²) in [5, 5.41) is 3.74. The van der Waals surface area contributed by atoms with Gasteiger partial charge in [-0.05, 0) is 86.0 Å². The fourth-order valence-electron chi connectivity index (χ4n) is 5.70. The Morgan fingerprint density at radius 2 is 1.32 bits per heavy atom. The zero-order chi connectivity index (χ0) is 29.8. The molecule has 1 aliphatic heterocycles. The summed E-state index contributed by atoms with van der Waals surface area (Å²) in [5.41, 5.74) is 11.1. The number of hydrogen-bond acceptors (Lipinski definition) is 1. The Kier molecular flexibility index (Phi) is 8.96. The lowest BCUT2D eigenvalue weighted by Crippen LogP contribution is -2.34. The number of allylic oxidation sites excluding steroid dienone is 4. The zero-order valence-corrected chi connectivity index (χ0v) is 26.4. The normalized spacial score (nSPS) is 18.9. The summed E-state index contributed by atoms with van der Waals surface area (Å²) in [5.74, 6) is 2.71.